The largest absolute Gasteiger partial charge is 0.379 e. The lowest BCUT2D eigenvalue weighted by atomic mass is 9.72. The number of aliphatic imine (C=N–C) groups is 2. The highest BCUT2D eigenvalue weighted by Crippen LogP contribution is 2.53. The zero-order valence-corrected chi connectivity index (χ0v) is 15.9. The Hall–Kier alpha value is -1.48. The van der Waals surface area contributed by atoms with Crippen molar-refractivity contribution in [3.63, 3.8) is 0 Å². The molecule has 4 rings (SSSR count). The van der Waals surface area contributed by atoms with E-state index in [1.807, 2.05) is 26.1 Å². The quantitative estimate of drug-likeness (QED) is 0.786. The molecular weight excluding hydrogens is 353 g/mol. The van der Waals surface area contributed by atoms with Crippen LogP contribution in [0.3, 0.4) is 0 Å². The van der Waals surface area contributed by atoms with Crippen molar-refractivity contribution in [3.8, 4) is 0 Å². The van der Waals surface area contributed by atoms with E-state index in [1.165, 1.54) is 17.8 Å². The Kier molecular flexibility index (Phi) is 4.34. The minimum atomic E-state index is -0.978. The van der Waals surface area contributed by atoms with E-state index in [1.54, 1.807) is 0 Å². The number of ether oxygens (including phenoxy) is 1. The third-order valence-electron chi connectivity index (χ3n) is 6.02. The highest BCUT2D eigenvalue weighted by atomic mass is 32.2. The fourth-order valence-corrected chi connectivity index (χ4v) is 5.58. The maximum absolute atomic E-state index is 15.1. The van der Waals surface area contributed by atoms with Crippen molar-refractivity contribution in [2.24, 2.45) is 15.7 Å². The van der Waals surface area contributed by atoms with Gasteiger partial charge in [-0.3, -0.25) is 10.4 Å². The summed E-state index contributed by atoms with van der Waals surface area (Å²) in [7, 11) is 2.00. The van der Waals surface area contributed by atoms with E-state index in [2.05, 4.69) is 22.1 Å². The first kappa shape index (κ1) is 17.9. The number of rotatable bonds is 3. The van der Waals surface area contributed by atoms with Gasteiger partial charge in [0.05, 0.1) is 18.8 Å². The van der Waals surface area contributed by atoms with Crippen molar-refractivity contribution < 1.29 is 9.13 Å². The molecule has 3 aliphatic rings. The summed E-state index contributed by atoms with van der Waals surface area (Å²) in [5.74, 6) is 0.262. The number of fused-ring (bicyclic) bond motifs is 1. The van der Waals surface area contributed by atoms with Crippen molar-refractivity contribution >= 4 is 23.6 Å². The Balaban J connectivity index is 1.89. The summed E-state index contributed by atoms with van der Waals surface area (Å²) in [5, 5.41) is 2.50. The molecule has 0 radical (unpaired) electrons. The molecule has 3 heterocycles. The van der Waals surface area contributed by atoms with Crippen LogP contribution in [-0.4, -0.2) is 54.5 Å². The number of benzene rings is 1. The summed E-state index contributed by atoms with van der Waals surface area (Å²) >= 11 is 1.42. The molecule has 0 spiro atoms. The van der Waals surface area contributed by atoms with Crippen LogP contribution in [0.5, 0.6) is 0 Å². The Bertz CT molecular complexity index is 774. The van der Waals surface area contributed by atoms with Crippen LogP contribution in [0.4, 0.5) is 4.39 Å². The molecule has 4 atom stereocenters. The summed E-state index contributed by atoms with van der Waals surface area (Å²) in [6.45, 7) is 6.91. The number of hydrazine groups is 1. The first-order chi connectivity index (χ1) is 12.4. The Morgan fingerprint density at radius 1 is 1.54 bits per heavy atom. The van der Waals surface area contributed by atoms with E-state index < -0.39 is 11.1 Å². The number of halogens is 1. The zero-order chi connectivity index (χ0) is 18.5. The number of nitrogens with two attached hydrogens (primary N) is 1. The molecular formula is C18H24FN5OS. The van der Waals surface area contributed by atoms with Gasteiger partial charge in [0.2, 0.25) is 0 Å². The van der Waals surface area contributed by atoms with Gasteiger partial charge in [0, 0.05) is 24.9 Å². The Labute approximate surface area is 157 Å². The zero-order valence-electron chi connectivity index (χ0n) is 15.0. The van der Waals surface area contributed by atoms with E-state index in [4.69, 9.17) is 15.5 Å². The molecule has 2 fully saturated rings. The lowest BCUT2D eigenvalue weighted by molar-refractivity contribution is 0.101. The Morgan fingerprint density at radius 3 is 3.04 bits per heavy atom. The molecule has 26 heavy (non-hydrogen) atoms. The van der Waals surface area contributed by atoms with Crippen LogP contribution in [-0.2, 0) is 10.3 Å². The second-order valence-corrected chi connectivity index (χ2v) is 8.19. The summed E-state index contributed by atoms with van der Waals surface area (Å²) in [4.78, 5) is 9.16. The number of thioether (sulfide) groups is 1. The molecule has 0 amide bonds. The number of amidine groups is 1. The minimum absolute atomic E-state index is 0.191. The van der Waals surface area contributed by atoms with E-state index in [0.717, 1.165) is 18.5 Å². The van der Waals surface area contributed by atoms with Gasteiger partial charge in [0.1, 0.15) is 16.9 Å². The van der Waals surface area contributed by atoms with Crippen LogP contribution >= 0.6 is 11.8 Å². The highest BCUT2D eigenvalue weighted by molar-refractivity contribution is 8.13. The molecule has 4 unspecified atom stereocenters. The van der Waals surface area contributed by atoms with Crippen molar-refractivity contribution in [2.45, 2.75) is 36.6 Å². The normalized spacial score (nSPS) is 37.4. The highest BCUT2D eigenvalue weighted by Gasteiger charge is 2.64. The van der Waals surface area contributed by atoms with Crippen molar-refractivity contribution in [2.75, 3.05) is 26.0 Å². The second kappa shape index (κ2) is 6.30. The number of nitrogens with one attached hydrogen (secondary N) is 1. The smallest absolute Gasteiger partial charge is 0.155 e. The van der Waals surface area contributed by atoms with Crippen LogP contribution in [0.2, 0.25) is 0 Å². The van der Waals surface area contributed by atoms with Gasteiger partial charge < -0.3 is 10.5 Å². The first-order valence-corrected chi connectivity index (χ1v) is 9.76. The van der Waals surface area contributed by atoms with Gasteiger partial charge in [-0.1, -0.05) is 17.8 Å². The fourth-order valence-electron chi connectivity index (χ4n) is 4.43. The summed E-state index contributed by atoms with van der Waals surface area (Å²) in [5.41, 5.74) is 9.18. The van der Waals surface area contributed by atoms with E-state index in [-0.39, 0.29) is 24.6 Å². The maximum atomic E-state index is 15.1. The Morgan fingerprint density at radius 2 is 2.35 bits per heavy atom. The fraction of sp³-hybridized carbons (Fsp3) is 0.556. The molecule has 0 aromatic heterocycles. The molecule has 6 nitrogen and oxygen atoms in total. The summed E-state index contributed by atoms with van der Waals surface area (Å²) in [6.07, 6.45) is 0.747. The van der Waals surface area contributed by atoms with Crippen LogP contribution < -0.4 is 11.2 Å². The predicted molar refractivity (Wildman–Crippen MR) is 103 cm³/mol. The van der Waals surface area contributed by atoms with Gasteiger partial charge in [0.25, 0.3) is 0 Å². The number of nitrogens with zero attached hydrogens (tertiary/aromatic N) is 3. The molecule has 3 N–H and O–H groups in total. The monoisotopic (exact) mass is 377 g/mol. The van der Waals surface area contributed by atoms with E-state index >= 15 is 4.39 Å². The first-order valence-electron chi connectivity index (χ1n) is 8.77. The van der Waals surface area contributed by atoms with Gasteiger partial charge in [-0.2, -0.15) is 0 Å². The molecule has 1 aromatic carbocycles. The van der Waals surface area contributed by atoms with Crippen molar-refractivity contribution in [1.29, 1.82) is 0 Å². The van der Waals surface area contributed by atoms with Crippen molar-refractivity contribution in [1.82, 2.24) is 10.4 Å². The van der Waals surface area contributed by atoms with Gasteiger partial charge in [-0.05, 0) is 37.8 Å². The van der Waals surface area contributed by atoms with E-state index in [9.17, 15) is 0 Å². The SMILES string of the molecule is C=NC12CSC(N)=NC1(c1cc(C3CCNN3C)ccc1F)COC2C. The van der Waals surface area contributed by atoms with Crippen LogP contribution in [0.25, 0.3) is 0 Å². The summed E-state index contributed by atoms with van der Waals surface area (Å²) in [6, 6.07) is 5.47. The molecule has 1 aromatic rings. The third-order valence-corrected chi connectivity index (χ3v) is 6.99. The van der Waals surface area contributed by atoms with E-state index in [0.29, 0.717) is 16.5 Å². The maximum Gasteiger partial charge on any atom is 0.155 e. The van der Waals surface area contributed by atoms with Gasteiger partial charge >= 0.3 is 0 Å². The molecule has 0 aliphatic carbocycles. The van der Waals surface area contributed by atoms with Crippen LogP contribution in [0.15, 0.2) is 28.2 Å². The summed E-state index contributed by atoms with van der Waals surface area (Å²) < 4.78 is 21.0. The number of hydrogen-bond acceptors (Lipinski definition) is 7. The molecule has 2 saturated heterocycles. The molecule has 140 valence electrons. The molecule has 0 bridgehead atoms. The minimum Gasteiger partial charge on any atom is -0.379 e. The van der Waals surface area contributed by atoms with Gasteiger partial charge in [-0.15, -0.1) is 0 Å². The van der Waals surface area contributed by atoms with Crippen LogP contribution in [0, 0.1) is 5.82 Å². The third kappa shape index (κ3) is 2.36. The molecule has 8 heteroatoms. The molecule has 3 aliphatic heterocycles. The standard InChI is InChI=1S/C18H24FN5OS/c1-11-18(21-2)10-26-16(20)23-17(18,9-25-11)13-8-12(4-5-14(13)19)15-6-7-22-24(15)3/h4-5,8,11,15,22H,2,6-7,9-10H2,1,3H3,(H2,20,23). The molecule has 0 saturated carbocycles. The average molecular weight is 377 g/mol. The number of hydrogen-bond donors (Lipinski definition) is 2. The second-order valence-electron chi connectivity index (χ2n) is 7.20. The predicted octanol–water partition coefficient (Wildman–Crippen LogP) is 1.82. The average Bonchev–Trinajstić information content (AvgIpc) is 3.18. The van der Waals surface area contributed by atoms with Gasteiger partial charge in [-0.25, -0.2) is 14.4 Å². The lowest BCUT2D eigenvalue weighted by Gasteiger charge is -2.43. The topological polar surface area (TPSA) is 75.2 Å². The van der Waals surface area contributed by atoms with Gasteiger partial charge in [0.15, 0.2) is 5.17 Å². The lowest BCUT2D eigenvalue weighted by Crippen LogP contribution is -2.56. The van der Waals surface area contributed by atoms with Crippen LogP contribution in [0.1, 0.15) is 30.5 Å². The van der Waals surface area contributed by atoms with Crippen molar-refractivity contribution in [3.05, 3.63) is 35.1 Å².